The van der Waals surface area contributed by atoms with Gasteiger partial charge in [0, 0.05) is 11.3 Å². The molecule has 11 heteroatoms. The second-order valence-corrected chi connectivity index (χ2v) is 8.34. The number of anilines is 2. The Bertz CT molecular complexity index is 1310. The van der Waals surface area contributed by atoms with Gasteiger partial charge < -0.3 is 14.2 Å². The van der Waals surface area contributed by atoms with E-state index in [2.05, 4.69) is 15.1 Å². The molecule has 4 rings (SSSR count). The maximum Gasteiger partial charge on any atom is 0.328 e. The third kappa shape index (κ3) is 4.82. The summed E-state index contributed by atoms with van der Waals surface area (Å²) in [5, 5.41) is 4.01. The van der Waals surface area contributed by atoms with Crippen LogP contribution in [0.15, 0.2) is 59.1 Å². The van der Waals surface area contributed by atoms with Gasteiger partial charge in [-0.15, -0.1) is 0 Å². The van der Waals surface area contributed by atoms with Crippen LogP contribution in [0.2, 0.25) is 5.15 Å². The van der Waals surface area contributed by atoms with Gasteiger partial charge in [-0.05, 0) is 38.1 Å². The molecular weight excluding hydrogens is 483 g/mol. The summed E-state index contributed by atoms with van der Waals surface area (Å²) in [6.07, 6.45) is 0. The van der Waals surface area contributed by atoms with Crippen LogP contribution >= 0.6 is 22.9 Å². The summed E-state index contributed by atoms with van der Waals surface area (Å²) in [5.41, 5.74) is 1.16. The molecule has 1 atom stereocenters. The number of ketones is 1. The number of ether oxygens (including phenoxy) is 1. The van der Waals surface area contributed by atoms with Gasteiger partial charge in [0.15, 0.2) is 10.3 Å². The lowest BCUT2D eigenvalue weighted by Crippen LogP contribution is -2.36. The van der Waals surface area contributed by atoms with Gasteiger partial charge in [0.05, 0.1) is 6.61 Å². The lowest BCUT2D eigenvalue weighted by Gasteiger charge is -2.27. The molecule has 1 unspecified atom stereocenters. The Labute approximate surface area is 203 Å². The summed E-state index contributed by atoms with van der Waals surface area (Å²) in [5.74, 6) is -1.55. The fourth-order valence-corrected chi connectivity index (χ4v) is 4.44. The Morgan fingerprint density at radius 2 is 1.85 bits per heavy atom. The van der Waals surface area contributed by atoms with Gasteiger partial charge in [-0.2, -0.15) is 4.98 Å². The molecule has 0 aliphatic heterocycles. The summed E-state index contributed by atoms with van der Waals surface area (Å²) in [6.45, 7) is 3.49. The van der Waals surface area contributed by atoms with E-state index in [1.54, 1.807) is 26.0 Å². The largest absolute Gasteiger partial charge is 0.464 e. The highest BCUT2D eigenvalue weighted by Crippen LogP contribution is 2.37. The average Bonchev–Trinajstić information content (AvgIpc) is 3.48. The van der Waals surface area contributed by atoms with Crippen LogP contribution in [0.3, 0.4) is 0 Å². The molecule has 0 radical (unpaired) electrons. The standard InChI is InChI=1S/C23H18ClFN4O4S/c1-3-32-22(31)13(2)29(16-11-9-15(25)10-12-16)23-26-19(24)18(34-23)17(30)21-27-20(28-33-21)14-7-5-4-6-8-14/h4-13H,3H2,1-2H3. The highest BCUT2D eigenvalue weighted by Gasteiger charge is 2.31. The first-order chi connectivity index (χ1) is 16.4. The third-order valence-electron chi connectivity index (χ3n) is 4.76. The van der Waals surface area contributed by atoms with Crippen LogP contribution in [-0.2, 0) is 9.53 Å². The van der Waals surface area contributed by atoms with Crippen molar-refractivity contribution in [2.75, 3.05) is 11.5 Å². The van der Waals surface area contributed by atoms with E-state index in [1.165, 1.54) is 29.2 Å². The number of halogens is 2. The number of thiazole rings is 1. The Balaban J connectivity index is 1.68. The lowest BCUT2D eigenvalue weighted by molar-refractivity contribution is -0.144. The lowest BCUT2D eigenvalue weighted by atomic mass is 10.2. The zero-order valence-corrected chi connectivity index (χ0v) is 19.6. The molecule has 2 aromatic carbocycles. The summed E-state index contributed by atoms with van der Waals surface area (Å²) in [7, 11) is 0. The number of carbonyl (C=O) groups is 2. The number of hydrogen-bond donors (Lipinski definition) is 0. The minimum absolute atomic E-state index is 0.0584. The van der Waals surface area contributed by atoms with E-state index in [4.69, 9.17) is 20.9 Å². The van der Waals surface area contributed by atoms with Crippen LogP contribution in [0.5, 0.6) is 0 Å². The smallest absolute Gasteiger partial charge is 0.328 e. The van der Waals surface area contributed by atoms with Crippen molar-refractivity contribution < 1.29 is 23.2 Å². The van der Waals surface area contributed by atoms with Crippen molar-refractivity contribution in [2.45, 2.75) is 19.9 Å². The summed E-state index contributed by atoms with van der Waals surface area (Å²) < 4.78 is 23.8. The highest BCUT2D eigenvalue weighted by atomic mass is 35.5. The number of benzene rings is 2. The van der Waals surface area contributed by atoms with Gasteiger partial charge in [-0.3, -0.25) is 4.79 Å². The van der Waals surface area contributed by atoms with E-state index in [0.29, 0.717) is 11.3 Å². The highest BCUT2D eigenvalue weighted by molar-refractivity contribution is 7.18. The molecule has 0 bridgehead atoms. The molecule has 0 aliphatic carbocycles. The quantitative estimate of drug-likeness (QED) is 0.237. The number of rotatable bonds is 8. The van der Waals surface area contributed by atoms with Gasteiger partial charge in [-0.25, -0.2) is 14.2 Å². The second-order valence-electron chi connectivity index (χ2n) is 7.01. The van der Waals surface area contributed by atoms with E-state index in [-0.39, 0.29) is 33.5 Å². The Hall–Kier alpha value is -3.63. The van der Waals surface area contributed by atoms with E-state index in [0.717, 1.165) is 11.3 Å². The molecule has 0 aliphatic rings. The molecule has 0 fully saturated rings. The number of esters is 1. The minimum Gasteiger partial charge on any atom is -0.464 e. The van der Waals surface area contributed by atoms with Gasteiger partial charge in [0.1, 0.15) is 16.7 Å². The number of carbonyl (C=O) groups excluding carboxylic acids is 2. The fraction of sp³-hybridized carbons (Fsp3) is 0.174. The normalized spacial score (nSPS) is 11.8. The zero-order chi connectivity index (χ0) is 24.2. The summed E-state index contributed by atoms with van der Waals surface area (Å²) >= 11 is 7.24. The second kappa shape index (κ2) is 10.1. The molecular formula is C23H18ClFN4O4S. The molecule has 2 aromatic heterocycles. The van der Waals surface area contributed by atoms with Crippen molar-refractivity contribution in [2.24, 2.45) is 0 Å². The SMILES string of the molecule is CCOC(=O)C(C)N(c1ccc(F)cc1)c1nc(Cl)c(C(=O)c2nc(-c3ccccc3)no2)s1. The van der Waals surface area contributed by atoms with E-state index in [9.17, 15) is 14.0 Å². The zero-order valence-electron chi connectivity index (χ0n) is 18.1. The van der Waals surface area contributed by atoms with Gasteiger partial charge in [0.25, 0.3) is 11.7 Å². The molecule has 34 heavy (non-hydrogen) atoms. The third-order valence-corrected chi connectivity index (χ3v) is 6.20. The topological polar surface area (TPSA) is 98.4 Å². The van der Waals surface area contributed by atoms with Crippen molar-refractivity contribution in [3.05, 3.63) is 76.3 Å². The fourth-order valence-electron chi connectivity index (χ4n) is 3.12. The maximum atomic E-state index is 13.5. The molecule has 2 heterocycles. The summed E-state index contributed by atoms with van der Waals surface area (Å²) in [6, 6.07) is 13.7. The number of aromatic nitrogens is 3. The van der Waals surface area contributed by atoms with Crippen LogP contribution < -0.4 is 4.90 Å². The minimum atomic E-state index is -0.830. The number of nitrogens with zero attached hydrogens (tertiary/aromatic N) is 4. The van der Waals surface area contributed by atoms with Crippen LogP contribution in [0.1, 0.15) is 29.4 Å². The molecule has 4 aromatic rings. The van der Waals surface area contributed by atoms with Crippen molar-refractivity contribution in [1.29, 1.82) is 0 Å². The molecule has 0 amide bonds. The van der Waals surface area contributed by atoms with Crippen LogP contribution in [0.25, 0.3) is 11.4 Å². The first kappa shape index (κ1) is 23.5. The first-order valence-corrected chi connectivity index (χ1v) is 11.4. The van der Waals surface area contributed by atoms with Gasteiger partial charge in [-0.1, -0.05) is 58.4 Å². The van der Waals surface area contributed by atoms with Crippen molar-refractivity contribution in [1.82, 2.24) is 15.1 Å². The predicted octanol–water partition coefficient (Wildman–Crippen LogP) is 5.31. The molecule has 0 spiro atoms. The van der Waals surface area contributed by atoms with E-state index < -0.39 is 23.6 Å². The van der Waals surface area contributed by atoms with Crippen molar-refractivity contribution >= 4 is 45.5 Å². The Morgan fingerprint density at radius 3 is 2.53 bits per heavy atom. The monoisotopic (exact) mass is 500 g/mol. The van der Waals surface area contributed by atoms with Gasteiger partial charge >= 0.3 is 5.97 Å². The van der Waals surface area contributed by atoms with Gasteiger partial charge in [0.2, 0.25) is 5.82 Å². The Kier molecular flexibility index (Phi) is 6.99. The van der Waals surface area contributed by atoms with Crippen LogP contribution in [-0.4, -0.2) is 39.5 Å². The Morgan fingerprint density at radius 1 is 1.15 bits per heavy atom. The molecule has 0 saturated heterocycles. The molecule has 0 N–H and O–H groups in total. The molecule has 8 nitrogen and oxygen atoms in total. The number of hydrogen-bond acceptors (Lipinski definition) is 9. The van der Waals surface area contributed by atoms with Crippen molar-refractivity contribution in [3.63, 3.8) is 0 Å². The van der Waals surface area contributed by atoms with Crippen LogP contribution in [0.4, 0.5) is 15.2 Å². The summed E-state index contributed by atoms with van der Waals surface area (Å²) in [4.78, 5) is 35.6. The predicted molar refractivity (Wildman–Crippen MR) is 125 cm³/mol. The van der Waals surface area contributed by atoms with Crippen molar-refractivity contribution in [3.8, 4) is 11.4 Å². The molecule has 174 valence electrons. The van der Waals surface area contributed by atoms with E-state index in [1.807, 2.05) is 18.2 Å². The van der Waals surface area contributed by atoms with E-state index >= 15 is 0 Å². The average molecular weight is 501 g/mol. The van der Waals surface area contributed by atoms with Crippen LogP contribution in [0, 0.1) is 5.82 Å². The maximum absolute atomic E-state index is 13.5. The first-order valence-electron chi connectivity index (χ1n) is 10.2. The molecule has 0 saturated carbocycles.